The number of nitrogens with one attached hydrogen (secondary N) is 2. The Labute approximate surface area is 159 Å². The smallest absolute Gasteiger partial charge is 0.241 e. The molecule has 1 aromatic rings. The van der Waals surface area contributed by atoms with Crippen LogP contribution < -0.4 is 15.8 Å². The summed E-state index contributed by atoms with van der Waals surface area (Å²) in [5.41, 5.74) is 6.61. The predicted octanol–water partition coefficient (Wildman–Crippen LogP) is 0.508. The largest absolute Gasteiger partial charge is 0.341 e. The molecule has 0 bridgehead atoms. The molecule has 3 rings (SSSR count). The number of carbonyl (C=O) groups excluding carboxylic acids is 2. The van der Waals surface area contributed by atoms with Crippen LogP contribution in [-0.2, 0) is 19.6 Å². The van der Waals surface area contributed by atoms with Crippen LogP contribution >= 0.6 is 0 Å². The second-order valence-corrected chi connectivity index (χ2v) is 9.17. The molecule has 4 atom stereocenters. The average molecular weight is 394 g/mol. The Morgan fingerprint density at radius 3 is 2.44 bits per heavy atom. The molecule has 9 heteroatoms. The lowest BCUT2D eigenvalue weighted by molar-refractivity contribution is -0.131. The monoisotopic (exact) mass is 394 g/mol. The fraction of sp³-hybridized carbons (Fsp3) is 0.556. The molecule has 1 saturated heterocycles. The molecular weight excluding hydrogens is 368 g/mol. The summed E-state index contributed by atoms with van der Waals surface area (Å²) in [4.78, 5) is 25.5. The molecule has 2 fully saturated rings. The summed E-state index contributed by atoms with van der Waals surface area (Å²) in [6, 6.07) is 5.06. The highest BCUT2D eigenvalue weighted by atomic mass is 32.2. The summed E-state index contributed by atoms with van der Waals surface area (Å²) >= 11 is 0. The molecule has 2 amide bonds. The van der Waals surface area contributed by atoms with Crippen LogP contribution in [-0.4, -0.2) is 50.3 Å². The first-order valence-electron chi connectivity index (χ1n) is 9.11. The Bertz CT molecular complexity index is 824. The number of benzene rings is 1. The van der Waals surface area contributed by atoms with Gasteiger partial charge in [0.2, 0.25) is 21.8 Å². The van der Waals surface area contributed by atoms with Gasteiger partial charge < -0.3 is 16.0 Å². The lowest BCUT2D eigenvalue weighted by Crippen LogP contribution is -2.46. The van der Waals surface area contributed by atoms with Crippen molar-refractivity contribution in [3.63, 3.8) is 0 Å². The van der Waals surface area contributed by atoms with E-state index in [2.05, 4.69) is 10.0 Å². The van der Waals surface area contributed by atoms with Crippen LogP contribution in [0.5, 0.6) is 0 Å². The molecule has 1 aliphatic heterocycles. The van der Waals surface area contributed by atoms with E-state index in [1.54, 1.807) is 11.8 Å². The van der Waals surface area contributed by atoms with Gasteiger partial charge in [0.05, 0.1) is 10.9 Å². The van der Waals surface area contributed by atoms with Gasteiger partial charge in [0.1, 0.15) is 0 Å². The van der Waals surface area contributed by atoms with Crippen molar-refractivity contribution in [2.24, 2.45) is 17.6 Å². The molecule has 8 nitrogen and oxygen atoms in total. The van der Waals surface area contributed by atoms with E-state index < -0.39 is 16.1 Å². The summed E-state index contributed by atoms with van der Waals surface area (Å²) in [7, 11) is -3.84. The first kappa shape index (κ1) is 19.8. The van der Waals surface area contributed by atoms with Crippen molar-refractivity contribution in [1.82, 2.24) is 9.62 Å². The standard InChI is InChI=1S/C18H26N4O4S/c1-11(18(24)22-9-13-3-8-17(19)16(13)10-22)21-27(25,26)15-6-4-14(5-7-15)20-12(2)23/h4-7,11,13,16-17,21H,3,8-10,19H2,1-2H3,(H,20,23). The maximum absolute atomic E-state index is 12.7. The fourth-order valence-electron chi connectivity index (χ4n) is 4.03. The van der Waals surface area contributed by atoms with E-state index in [0.29, 0.717) is 30.6 Å². The SMILES string of the molecule is CC(=O)Nc1ccc(S(=O)(=O)NC(C)C(=O)N2CC3CCC(N)C3C2)cc1. The number of amides is 2. The first-order valence-corrected chi connectivity index (χ1v) is 10.6. The molecule has 1 saturated carbocycles. The van der Waals surface area contributed by atoms with Gasteiger partial charge in [-0.1, -0.05) is 0 Å². The third-order valence-electron chi connectivity index (χ3n) is 5.41. The molecule has 148 valence electrons. The van der Waals surface area contributed by atoms with Crippen LogP contribution in [0.2, 0.25) is 0 Å². The average Bonchev–Trinajstić information content (AvgIpc) is 3.16. The summed E-state index contributed by atoms with van der Waals surface area (Å²) < 4.78 is 27.6. The summed E-state index contributed by atoms with van der Waals surface area (Å²) in [6.07, 6.45) is 2.02. The van der Waals surface area contributed by atoms with E-state index in [1.165, 1.54) is 31.2 Å². The van der Waals surface area contributed by atoms with Crippen molar-refractivity contribution in [2.75, 3.05) is 18.4 Å². The van der Waals surface area contributed by atoms with Gasteiger partial charge in [-0.05, 0) is 55.9 Å². The molecule has 0 spiro atoms. The van der Waals surface area contributed by atoms with Crippen LogP contribution in [0.15, 0.2) is 29.2 Å². The highest BCUT2D eigenvalue weighted by molar-refractivity contribution is 7.89. The minimum Gasteiger partial charge on any atom is -0.341 e. The lowest BCUT2D eigenvalue weighted by atomic mass is 9.98. The Balaban J connectivity index is 1.63. The normalized spacial score (nSPS) is 25.9. The van der Waals surface area contributed by atoms with Gasteiger partial charge in [0, 0.05) is 31.7 Å². The fourth-order valence-corrected chi connectivity index (χ4v) is 5.23. The van der Waals surface area contributed by atoms with E-state index >= 15 is 0 Å². The van der Waals surface area contributed by atoms with E-state index in [4.69, 9.17) is 5.73 Å². The second kappa shape index (κ2) is 7.57. The quantitative estimate of drug-likeness (QED) is 0.672. The summed E-state index contributed by atoms with van der Waals surface area (Å²) in [6.45, 7) is 4.18. The lowest BCUT2D eigenvalue weighted by Gasteiger charge is -2.23. The van der Waals surface area contributed by atoms with Gasteiger partial charge in [-0.15, -0.1) is 0 Å². The van der Waals surface area contributed by atoms with E-state index in [-0.39, 0.29) is 22.8 Å². The highest BCUT2D eigenvalue weighted by Crippen LogP contribution is 2.37. The topological polar surface area (TPSA) is 122 Å². The Morgan fingerprint density at radius 2 is 1.85 bits per heavy atom. The zero-order valence-corrected chi connectivity index (χ0v) is 16.3. The number of rotatable bonds is 5. The van der Waals surface area contributed by atoms with Crippen molar-refractivity contribution in [1.29, 1.82) is 0 Å². The third kappa shape index (κ3) is 4.31. The molecule has 0 aromatic heterocycles. The maximum atomic E-state index is 12.7. The van der Waals surface area contributed by atoms with Crippen molar-refractivity contribution in [3.05, 3.63) is 24.3 Å². The van der Waals surface area contributed by atoms with Crippen LogP contribution in [0.1, 0.15) is 26.7 Å². The number of anilines is 1. The van der Waals surface area contributed by atoms with Crippen molar-refractivity contribution in [3.8, 4) is 0 Å². The number of sulfonamides is 1. The van der Waals surface area contributed by atoms with Gasteiger partial charge in [-0.3, -0.25) is 9.59 Å². The Hall–Kier alpha value is -1.97. The molecule has 1 heterocycles. The predicted molar refractivity (Wildman–Crippen MR) is 101 cm³/mol. The highest BCUT2D eigenvalue weighted by Gasteiger charge is 2.43. The van der Waals surface area contributed by atoms with Crippen molar-refractivity contribution in [2.45, 2.75) is 43.7 Å². The van der Waals surface area contributed by atoms with E-state index in [0.717, 1.165) is 12.8 Å². The number of nitrogens with zero attached hydrogens (tertiary/aromatic N) is 1. The van der Waals surface area contributed by atoms with Crippen molar-refractivity contribution < 1.29 is 18.0 Å². The number of fused-ring (bicyclic) bond motifs is 1. The number of nitrogens with two attached hydrogens (primary N) is 1. The van der Waals surface area contributed by atoms with Crippen LogP contribution in [0.4, 0.5) is 5.69 Å². The molecule has 4 unspecified atom stereocenters. The minimum absolute atomic E-state index is 0.0385. The van der Waals surface area contributed by atoms with Crippen LogP contribution in [0.3, 0.4) is 0 Å². The summed E-state index contributed by atoms with van der Waals surface area (Å²) in [5.74, 6) is 0.279. The maximum Gasteiger partial charge on any atom is 0.241 e. The Kier molecular flexibility index (Phi) is 5.55. The van der Waals surface area contributed by atoms with Gasteiger partial charge >= 0.3 is 0 Å². The van der Waals surface area contributed by atoms with Gasteiger partial charge in [0.15, 0.2) is 0 Å². The summed E-state index contributed by atoms with van der Waals surface area (Å²) in [5, 5.41) is 2.58. The third-order valence-corrected chi connectivity index (χ3v) is 6.97. The number of hydrogen-bond acceptors (Lipinski definition) is 5. The van der Waals surface area contributed by atoms with Gasteiger partial charge in [-0.25, -0.2) is 8.42 Å². The second-order valence-electron chi connectivity index (χ2n) is 7.46. The first-order chi connectivity index (χ1) is 12.7. The van der Waals surface area contributed by atoms with Gasteiger partial charge in [-0.2, -0.15) is 4.72 Å². The molecule has 0 radical (unpaired) electrons. The molecule has 1 aromatic carbocycles. The number of hydrogen-bond donors (Lipinski definition) is 3. The molecule has 2 aliphatic rings. The van der Waals surface area contributed by atoms with E-state index in [9.17, 15) is 18.0 Å². The molecule has 4 N–H and O–H groups in total. The zero-order valence-electron chi connectivity index (χ0n) is 15.5. The van der Waals surface area contributed by atoms with E-state index in [1.807, 2.05) is 0 Å². The number of likely N-dealkylation sites (tertiary alicyclic amines) is 1. The minimum atomic E-state index is -3.84. The van der Waals surface area contributed by atoms with Crippen LogP contribution in [0, 0.1) is 11.8 Å². The van der Waals surface area contributed by atoms with Crippen molar-refractivity contribution >= 4 is 27.5 Å². The van der Waals surface area contributed by atoms with Gasteiger partial charge in [0.25, 0.3) is 0 Å². The molecular formula is C18H26N4O4S. The molecule has 27 heavy (non-hydrogen) atoms. The Morgan fingerprint density at radius 1 is 1.19 bits per heavy atom. The zero-order chi connectivity index (χ0) is 19.8. The van der Waals surface area contributed by atoms with Crippen LogP contribution in [0.25, 0.3) is 0 Å². The molecule has 1 aliphatic carbocycles. The number of carbonyl (C=O) groups is 2.